The van der Waals surface area contributed by atoms with Crippen molar-refractivity contribution in [2.75, 3.05) is 11.9 Å². The number of hydrogen-bond acceptors (Lipinski definition) is 4. The molecule has 29 heavy (non-hydrogen) atoms. The minimum absolute atomic E-state index is 0.0908. The number of aryl methyl sites for hydroxylation is 1. The zero-order valence-corrected chi connectivity index (χ0v) is 17.1. The first kappa shape index (κ1) is 20.9. The lowest BCUT2D eigenvalue weighted by molar-refractivity contribution is -0.157. The summed E-state index contributed by atoms with van der Waals surface area (Å²) >= 11 is 6.06. The van der Waals surface area contributed by atoms with Crippen molar-refractivity contribution in [1.29, 1.82) is 0 Å². The first-order valence-corrected chi connectivity index (χ1v) is 9.80. The molecule has 7 heteroatoms. The molecule has 1 aliphatic rings. The summed E-state index contributed by atoms with van der Waals surface area (Å²) in [5, 5.41) is 3.22. The van der Waals surface area contributed by atoms with Crippen LogP contribution < -0.4 is 5.32 Å². The summed E-state index contributed by atoms with van der Waals surface area (Å²) in [5.74, 6) is -1.67. The van der Waals surface area contributed by atoms with Crippen LogP contribution in [0.25, 0.3) is 0 Å². The number of anilines is 1. The topological polar surface area (TPSA) is 75.7 Å². The number of hydrogen-bond donors (Lipinski definition) is 1. The molecule has 1 fully saturated rings. The molecule has 0 aliphatic carbocycles. The maximum absolute atomic E-state index is 12.5. The van der Waals surface area contributed by atoms with Crippen LogP contribution in [0, 0.1) is 12.8 Å². The van der Waals surface area contributed by atoms with Gasteiger partial charge in [-0.1, -0.05) is 48.0 Å². The second-order valence-corrected chi connectivity index (χ2v) is 7.60. The fourth-order valence-corrected chi connectivity index (χ4v) is 3.31. The van der Waals surface area contributed by atoms with Gasteiger partial charge in [0.2, 0.25) is 5.91 Å². The molecule has 1 N–H and O–H groups in total. The average molecular weight is 415 g/mol. The molecule has 152 valence electrons. The number of carbonyl (C=O) groups excluding carboxylic acids is 3. The predicted molar refractivity (Wildman–Crippen MR) is 110 cm³/mol. The standard InChI is InChI=1S/C22H23ClN2O4/c1-14-8-9-18(11-19(14)23)24-21(27)15(2)29-22(28)17-10-20(26)25(13-17)12-16-6-4-3-5-7-16/h3-9,11,15,17H,10,12-13H2,1-2H3,(H,24,27)/t15-,17+/m1/s1. The highest BCUT2D eigenvalue weighted by Crippen LogP contribution is 2.23. The Kier molecular flexibility index (Phi) is 6.54. The van der Waals surface area contributed by atoms with Crippen molar-refractivity contribution < 1.29 is 19.1 Å². The number of carbonyl (C=O) groups is 3. The fraction of sp³-hybridized carbons (Fsp3) is 0.318. The van der Waals surface area contributed by atoms with Gasteiger partial charge in [-0.05, 0) is 37.1 Å². The highest BCUT2D eigenvalue weighted by Gasteiger charge is 2.36. The van der Waals surface area contributed by atoms with Crippen molar-refractivity contribution in [2.45, 2.75) is 32.9 Å². The van der Waals surface area contributed by atoms with E-state index in [4.69, 9.17) is 16.3 Å². The van der Waals surface area contributed by atoms with Crippen molar-refractivity contribution >= 4 is 35.1 Å². The van der Waals surface area contributed by atoms with Crippen LogP contribution >= 0.6 is 11.6 Å². The number of nitrogens with one attached hydrogen (secondary N) is 1. The van der Waals surface area contributed by atoms with Crippen LogP contribution in [0.4, 0.5) is 5.69 Å². The van der Waals surface area contributed by atoms with Gasteiger partial charge < -0.3 is 15.0 Å². The summed E-state index contributed by atoms with van der Waals surface area (Å²) in [4.78, 5) is 38.7. The largest absolute Gasteiger partial charge is 0.452 e. The smallest absolute Gasteiger partial charge is 0.312 e. The van der Waals surface area contributed by atoms with Gasteiger partial charge in [0.15, 0.2) is 6.10 Å². The Morgan fingerprint density at radius 2 is 1.97 bits per heavy atom. The third-order valence-corrected chi connectivity index (χ3v) is 5.27. The monoisotopic (exact) mass is 414 g/mol. The van der Waals surface area contributed by atoms with E-state index in [-0.39, 0.29) is 18.9 Å². The third-order valence-electron chi connectivity index (χ3n) is 4.87. The molecule has 0 spiro atoms. The molecule has 2 atom stereocenters. The molecule has 0 radical (unpaired) electrons. The lowest BCUT2D eigenvalue weighted by Gasteiger charge is -2.18. The van der Waals surface area contributed by atoms with Gasteiger partial charge in [-0.25, -0.2) is 0 Å². The summed E-state index contributed by atoms with van der Waals surface area (Å²) in [6, 6.07) is 14.7. The number of amides is 2. The first-order valence-electron chi connectivity index (χ1n) is 9.42. The van der Waals surface area contributed by atoms with Crippen LogP contribution in [0.3, 0.4) is 0 Å². The zero-order valence-electron chi connectivity index (χ0n) is 16.4. The fourth-order valence-electron chi connectivity index (χ4n) is 3.13. The molecule has 2 aromatic carbocycles. The van der Waals surface area contributed by atoms with Gasteiger partial charge in [0, 0.05) is 30.2 Å². The minimum atomic E-state index is -0.985. The van der Waals surface area contributed by atoms with E-state index in [1.165, 1.54) is 6.92 Å². The number of nitrogens with zero attached hydrogens (tertiary/aromatic N) is 1. The van der Waals surface area contributed by atoms with Crippen LogP contribution in [-0.4, -0.2) is 35.3 Å². The van der Waals surface area contributed by atoms with E-state index in [2.05, 4.69) is 5.32 Å². The summed E-state index contributed by atoms with van der Waals surface area (Å²) < 4.78 is 5.31. The predicted octanol–water partition coefficient (Wildman–Crippen LogP) is 3.57. The van der Waals surface area contributed by atoms with E-state index in [1.54, 1.807) is 23.1 Å². The van der Waals surface area contributed by atoms with E-state index in [0.717, 1.165) is 11.1 Å². The molecule has 1 saturated heterocycles. The molecule has 0 unspecified atom stereocenters. The summed E-state index contributed by atoms with van der Waals surface area (Å²) in [7, 11) is 0. The van der Waals surface area contributed by atoms with Crippen molar-refractivity contribution in [2.24, 2.45) is 5.92 Å². The molecule has 1 heterocycles. The Balaban J connectivity index is 1.53. The summed E-state index contributed by atoms with van der Waals surface area (Å²) in [6.45, 7) is 4.10. The van der Waals surface area contributed by atoms with Crippen molar-refractivity contribution in [1.82, 2.24) is 4.90 Å². The van der Waals surface area contributed by atoms with Crippen molar-refractivity contribution in [3.8, 4) is 0 Å². The second kappa shape index (κ2) is 9.09. The van der Waals surface area contributed by atoms with Crippen LogP contribution in [0.2, 0.25) is 5.02 Å². The molecule has 3 rings (SSSR count). The summed E-state index contributed by atoms with van der Waals surface area (Å²) in [6.07, 6.45) is -0.894. The van der Waals surface area contributed by atoms with Crippen molar-refractivity contribution in [3.05, 3.63) is 64.7 Å². The Morgan fingerprint density at radius 1 is 1.24 bits per heavy atom. The van der Waals surface area contributed by atoms with E-state index < -0.39 is 23.9 Å². The first-order chi connectivity index (χ1) is 13.8. The highest BCUT2D eigenvalue weighted by molar-refractivity contribution is 6.31. The number of esters is 1. The lowest BCUT2D eigenvalue weighted by atomic mass is 10.1. The lowest BCUT2D eigenvalue weighted by Crippen LogP contribution is -2.33. The molecule has 6 nitrogen and oxygen atoms in total. The van der Waals surface area contributed by atoms with Crippen LogP contribution in [0.15, 0.2) is 48.5 Å². The molecule has 0 bridgehead atoms. The van der Waals surface area contributed by atoms with Crippen LogP contribution in [0.5, 0.6) is 0 Å². The highest BCUT2D eigenvalue weighted by atomic mass is 35.5. The quantitative estimate of drug-likeness (QED) is 0.733. The van der Waals surface area contributed by atoms with Gasteiger partial charge >= 0.3 is 5.97 Å². The Hall–Kier alpha value is -2.86. The van der Waals surface area contributed by atoms with Gasteiger partial charge in [0.25, 0.3) is 5.91 Å². The van der Waals surface area contributed by atoms with E-state index in [9.17, 15) is 14.4 Å². The molecule has 2 aromatic rings. The summed E-state index contributed by atoms with van der Waals surface area (Å²) in [5.41, 5.74) is 2.42. The van der Waals surface area contributed by atoms with Crippen LogP contribution in [0.1, 0.15) is 24.5 Å². The molecular weight excluding hydrogens is 392 g/mol. The number of benzene rings is 2. The maximum Gasteiger partial charge on any atom is 0.312 e. The molecule has 0 saturated carbocycles. The van der Waals surface area contributed by atoms with E-state index in [1.807, 2.05) is 37.3 Å². The number of halogens is 1. The van der Waals surface area contributed by atoms with Gasteiger partial charge in [0.05, 0.1) is 5.92 Å². The Bertz CT molecular complexity index is 916. The van der Waals surface area contributed by atoms with E-state index >= 15 is 0 Å². The maximum atomic E-state index is 12.5. The minimum Gasteiger partial charge on any atom is -0.452 e. The van der Waals surface area contributed by atoms with Crippen LogP contribution in [-0.2, 0) is 25.7 Å². The SMILES string of the molecule is Cc1ccc(NC(=O)[C@@H](C)OC(=O)[C@H]2CC(=O)N(Cc3ccccc3)C2)cc1Cl. The number of rotatable bonds is 6. The van der Waals surface area contributed by atoms with E-state index in [0.29, 0.717) is 17.3 Å². The Morgan fingerprint density at radius 3 is 2.66 bits per heavy atom. The average Bonchev–Trinajstić information content (AvgIpc) is 3.06. The van der Waals surface area contributed by atoms with Gasteiger partial charge in [-0.3, -0.25) is 14.4 Å². The Labute approximate surface area is 174 Å². The van der Waals surface area contributed by atoms with Gasteiger partial charge in [0.1, 0.15) is 0 Å². The molecule has 0 aromatic heterocycles. The molecular formula is C22H23ClN2O4. The van der Waals surface area contributed by atoms with Gasteiger partial charge in [-0.15, -0.1) is 0 Å². The third kappa shape index (κ3) is 5.35. The van der Waals surface area contributed by atoms with Gasteiger partial charge in [-0.2, -0.15) is 0 Å². The normalized spacial score (nSPS) is 17.1. The second-order valence-electron chi connectivity index (χ2n) is 7.19. The molecule has 1 aliphatic heterocycles. The van der Waals surface area contributed by atoms with Crippen molar-refractivity contribution in [3.63, 3.8) is 0 Å². The molecule has 2 amide bonds. The zero-order chi connectivity index (χ0) is 21.0. The number of ether oxygens (including phenoxy) is 1. The number of likely N-dealkylation sites (tertiary alicyclic amines) is 1.